The number of aromatic nitrogens is 3. The Morgan fingerprint density at radius 1 is 1.00 bits per heavy atom. The summed E-state index contributed by atoms with van der Waals surface area (Å²) in [7, 11) is 1.50. The molecule has 4 rings (SSSR count). The highest BCUT2D eigenvalue weighted by atomic mass is 19.1. The number of aryl methyl sites for hydroxylation is 1. The Balaban J connectivity index is 1.62. The van der Waals surface area contributed by atoms with Crippen LogP contribution in [0.1, 0.15) is 47.2 Å². The van der Waals surface area contributed by atoms with Crippen LogP contribution in [0, 0.1) is 5.82 Å². The van der Waals surface area contributed by atoms with Gasteiger partial charge in [-0.25, -0.2) is 14.2 Å². The summed E-state index contributed by atoms with van der Waals surface area (Å²) in [5.74, 6) is -2.39. The van der Waals surface area contributed by atoms with E-state index in [1.807, 2.05) is 20.8 Å². The number of benzene rings is 2. The van der Waals surface area contributed by atoms with E-state index >= 15 is 4.39 Å². The Kier molecular flexibility index (Phi) is 7.07. The van der Waals surface area contributed by atoms with Crippen LogP contribution in [0.4, 0.5) is 21.6 Å². The summed E-state index contributed by atoms with van der Waals surface area (Å²) in [5.41, 5.74) is 1.16. The number of carboxylic acid groups (broad SMARTS) is 1. The molecule has 0 radical (unpaired) electrons. The minimum Gasteiger partial charge on any atom is -0.478 e. The summed E-state index contributed by atoms with van der Waals surface area (Å²) in [5, 5.41) is 14.5. The average Bonchev–Trinajstić information content (AvgIpc) is 2.87. The maximum atomic E-state index is 15.5. The largest absolute Gasteiger partial charge is 0.478 e. The molecule has 0 fully saturated rings. The molecule has 0 aliphatic rings. The van der Waals surface area contributed by atoms with Gasteiger partial charge < -0.3 is 20.3 Å². The van der Waals surface area contributed by atoms with Crippen molar-refractivity contribution in [3.8, 4) is 11.3 Å². The van der Waals surface area contributed by atoms with Crippen molar-refractivity contribution in [1.82, 2.24) is 14.5 Å². The van der Waals surface area contributed by atoms with Gasteiger partial charge in [-0.15, -0.1) is 0 Å². The van der Waals surface area contributed by atoms with Crippen molar-refractivity contribution in [2.24, 2.45) is 7.05 Å². The summed E-state index contributed by atoms with van der Waals surface area (Å²) in [6.07, 6.45) is 2.84. The highest BCUT2D eigenvalue weighted by molar-refractivity contribution is 6.04. The van der Waals surface area contributed by atoms with Crippen molar-refractivity contribution in [3.63, 3.8) is 0 Å². The quantitative estimate of drug-likeness (QED) is 0.331. The molecule has 0 saturated carbocycles. The van der Waals surface area contributed by atoms with Crippen molar-refractivity contribution in [3.05, 3.63) is 100.0 Å². The van der Waals surface area contributed by atoms with Crippen LogP contribution in [-0.2, 0) is 12.5 Å². The van der Waals surface area contributed by atoms with Crippen molar-refractivity contribution in [2.45, 2.75) is 26.2 Å². The van der Waals surface area contributed by atoms with Crippen LogP contribution in [0.5, 0.6) is 0 Å². The topological polar surface area (TPSA) is 126 Å². The van der Waals surface area contributed by atoms with Gasteiger partial charge in [0.25, 0.3) is 11.5 Å². The second-order valence-electron chi connectivity index (χ2n) is 9.70. The van der Waals surface area contributed by atoms with E-state index in [0.29, 0.717) is 5.69 Å². The highest BCUT2D eigenvalue weighted by Crippen LogP contribution is 2.28. The van der Waals surface area contributed by atoms with Crippen LogP contribution in [0.15, 0.2) is 71.8 Å². The number of pyridine rings is 1. The van der Waals surface area contributed by atoms with Crippen LogP contribution in [0.25, 0.3) is 11.3 Å². The Morgan fingerprint density at radius 3 is 2.29 bits per heavy atom. The fourth-order valence-electron chi connectivity index (χ4n) is 3.64. The number of carbonyl (C=O) groups is 2. The average molecular weight is 516 g/mol. The van der Waals surface area contributed by atoms with Gasteiger partial charge in [-0.3, -0.25) is 14.6 Å². The number of halogens is 1. The van der Waals surface area contributed by atoms with Gasteiger partial charge in [0.2, 0.25) is 0 Å². The molecule has 3 N–H and O–H groups in total. The summed E-state index contributed by atoms with van der Waals surface area (Å²) in [6.45, 7) is 6.04. The minimum atomic E-state index is -1.08. The summed E-state index contributed by atoms with van der Waals surface area (Å²) < 4.78 is 16.8. The molecule has 2 aromatic carbocycles. The van der Waals surface area contributed by atoms with Crippen LogP contribution in [0.2, 0.25) is 0 Å². The molecule has 9 nitrogen and oxygen atoms in total. The molecule has 10 heteroatoms. The molecule has 2 heterocycles. The monoisotopic (exact) mass is 515 g/mol. The SMILES string of the molecule is Cn1cc(-c2cccc(NC(=O)c3ccc(C(C)(C)C)nc3)c2F)nc(Nc2ccc(C(=O)O)cc2)c1=O. The molecule has 194 valence electrons. The Labute approximate surface area is 218 Å². The number of hydrogen-bond acceptors (Lipinski definition) is 6. The fraction of sp³-hybridized carbons (Fsp3) is 0.179. The number of aromatic carboxylic acids is 1. The molecule has 1 amide bonds. The van der Waals surface area contributed by atoms with E-state index in [0.717, 1.165) is 5.69 Å². The molecule has 0 unspecified atom stereocenters. The molecule has 2 aromatic heterocycles. The number of carbonyl (C=O) groups excluding carboxylic acids is 1. The van der Waals surface area contributed by atoms with E-state index in [4.69, 9.17) is 5.11 Å². The number of amides is 1. The zero-order valence-corrected chi connectivity index (χ0v) is 21.2. The molecule has 0 aliphatic heterocycles. The molecule has 4 aromatic rings. The molecule has 38 heavy (non-hydrogen) atoms. The maximum absolute atomic E-state index is 15.5. The zero-order chi connectivity index (χ0) is 27.6. The lowest BCUT2D eigenvalue weighted by Crippen LogP contribution is -2.21. The molecule has 0 atom stereocenters. The van der Waals surface area contributed by atoms with Gasteiger partial charge in [0.1, 0.15) is 0 Å². The van der Waals surface area contributed by atoms with Gasteiger partial charge in [0.05, 0.1) is 22.5 Å². The van der Waals surface area contributed by atoms with Crippen molar-refractivity contribution in [2.75, 3.05) is 10.6 Å². The number of hydrogen-bond donors (Lipinski definition) is 3. The van der Waals surface area contributed by atoms with E-state index in [1.165, 1.54) is 60.4 Å². The van der Waals surface area contributed by atoms with Gasteiger partial charge in [0.15, 0.2) is 11.6 Å². The molecule has 0 aliphatic carbocycles. The van der Waals surface area contributed by atoms with Crippen molar-refractivity contribution in [1.29, 1.82) is 0 Å². The maximum Gasteiger partial charge on any atom is 0.335 e. The lowest BCUT2D eigenvalue weighted by Gasteiger charge is -2.17. The molecular weight excluding hydrogens is 489 g/mol. The number of carboxylic acids is 1. The van der Waals surface area contributed by atoms with Crippen LogP contribution < -0.4 is 16.2 Å². The van der Waals surface area contributed by atoms with Gasteiger partial charge in [-0.2, -0.15) is 0 Å². The summed E-state index contributed by atoms with van der Waals surface area (Å²) in [4.78, 5) is 45.2. The molecule has 0 bridgehead atoms. The number of rotatable bonds is 6. The molecular formula is C28H26FN5O4. The Bertz CT molecular complexity index is 1570. The summed E-state index contributed by atoms with van der Waals surface area (Å²) >= 11 is 0. The first-order chi connectivity index (χ1) is 17.9. The predicted octanol–water partition coefficient (Wildman–Crippen LogP) is 4.97. The smallest absolute Gasteiger partial charge is 0.335 e. The second-order valence-corrected chi connectivity index (χ2v) is 9.70. The van der Waals surface area contributed by atoms with Crippen LogP contribution in [0.3, 0.4) is 0 Å². The van der Waals surface area contributed by atoms with Gasteiger partial charge in [-0.1, -0.05) is 26.8 Å². The van der Waals surface area contributed by atoms with Crippen LogP contribution >= 0.6 is 0 Å². The zero-order valence-electron chi connectivity index (χ0n) is 21.2. The first kappa shape index (κ1) is 26.2. The molecule has 0 spiro atoms. The normalized spacial score (nSPS) is 11.2. The van der Waals surface area contributed by atoms with Gasteiger partial charge >= 0.3 is 5.97 Å². The lowest BCUT2D eigenvalue weighted by atomic mass is 9.91. The number of nitrogens with one attached hydrogen (secondary N) is 2. The minimum absolute atomic E-state index is 0.0539. The third-order valence-electron chi connectivity index (χ3n) is 5.78. The van der Waals surface area contributed by atoms with Crippen LogP contribution in [-0.4, -0.2) is 31.5 Å². The Hall–Kier alpha value is -4.86. The van der Waals surface area contributed by atoms with E-state index in [1.54, 1.807) is 18.2 Å². The van der Waals surface area contributed by atoms with Crippen molar-refractivity contribution >= 4 is 29.1 Å². The fourth-order valence-corrected chi connectivity index (χ4v) is 3.64. The standard InChI is InChI=1S/C28H26FN5O4/c1-28(2,3)22-13-10-17(14-30-22)25(35)33-20-7-5-6-19(23(20)29)21-15-34(4)26(36)24(32-21)31-18-11-8-16(9-12-18)27(37)38/h5-15H,1-4H3,(H,31,32)(H,33,35)(H,37,38). The lowest BCUT2D eigenvalue weighted by molar-refractivity contribution is 0.0696. The van der Waals surface area contributed by atoms with Crippen molar-refractivity contribution < 1.29 is 19.1 Å². The Morgan fingerprint density at radius 2 is 1.68 bits per heavy atom. The third kappa shape index (κ3) is 5.59. The number of anilines is 3. The van der Waals surface area contributed by atoms with Gasteiger partial charge in [-0.05, 0) is 48.5 Å². The summed E-state index contributed by atoms with van der Waals surface area (Å²) in [6, 6.07) is 13.7. The predicted molar refractivity (Wildman–Crippen MR) is 142 cm³/mol. The first-order valence-corrected chi connectivity index (χ1v) is 11.7. The van der Waals surface area contributed by atoms with E-state index in [-0.39, 0.29) is 39.3 Å². The van der Waals surface area contributed by atoms with E-state index < -0.39 is 23.3 Å². The first-order valence-electron chi connectivity index (χ1n) is 11.7. The van der Waals surface area contributed by atoms with Gasteiger partial charge in [0, 0.05) is 41.8 Å². The number of nitrogens with zero attached hydrogens (tertiary/aromatic N) is 3. The van der Waals surface area contributed by atoms with E-state index in [2.05, 4.69) is 20.6 Å². The third-order valence-corrected chi connectivity index (χ3v) is 5.78. The second kappa shape index (κ2) is 10.3. The van der Waals surface area contributed by atoms with E-state index in [9.17, 15) is 14.4 Å². The highest BCUT2D eigenvalue weighted by Gasteiger charge is 2.19. The molecule has 0 saturated heterocycles.